The van der Waals surface area contributed by atoms with Crippen LogP contribution in [0.5, 0.6) is 0 Å². The average molecular weight is 294 g/mol. The zero-order valence-corrected chi connectivity index (χ0v) is 13.7. The highest BCUT2D eigenvalue weighted by molar-refractivity contribution is 6.10. The first-order valence-electron chi connectivity index (χ1n) is 8.46. The van der Waals surface area contributed by atoms with Gasteiger partial charge in [0, 0.05) is 11.1 Å². The molecule has 0 aromatic heterocycles. The van der Waals surface area contributed by atoms with E-state index < -0.39 is 0 Å². The van der Waals surface area contributed by atoms with Crippen LogP contribution >= 0.6 is 0 Å². The molecule has 1 nitrogen and oxygen atoms in total. The van der Waals surface area contributed by atoms with Gasteiger partial charge >= 0.3 is 0 Å². The molecule has 2 aromatic carbocycles. The Morgan fingerprint density at radius 3 is 2.23 bits per heavy atom. The number of hydrogen-bond donors (Lipinski definition) is 0. The molecule has 0 saturated carbocycles. The maximum Gasteiger partial charge on any atom is 0.193 e. The van der Waals surface area contributed by atoms with E-state index in [2.05, 4.69) is 26.0 Å². The van der Waals surface area contributed by atoms with Gasteiger partial charge in [0.15, 0.2) is 5.78 Å². The zero-order valence-electron chi connectivity index (χ0n) is 13.7. The van der Waals surface area contributed by atoms with Gasteiger partial charge in [-0.1, -0.05) is 87.7 Å². The fourth-order valence-electron chi connectivity index (χ4n) is 3.06. The third kappa shape index (κ3) is 4.07. The maximum atomic E-state index is 12.8. The van der Waals surface area contributed by atoms with Gasteiger partial charge in [-0.3, -0.25) is 4.79 Å². The van der Waals surface area contributed by atoms with Gasteiger partial charge in [0.1, 0.15) is 0 Å². The molecule has 2 rings (SSSR count). The molecule has 0 N–H and O–H groups in total. The van der Waals surface area contributed by atoms with Crippen molar-refractivity contribution < 1.29 is 4.79 Å². The quantitative estimate of drug-likeness (QED) is 0.546. The lowest BCUT2D eigenvalue weighted by atomic mass is 9.84. The summed E-state index contributed by atoms with van der Waals surface area (Å²) in [5.41, 5.74) is 2.88. The Hall–Kier alpha value is -1.89. The number of benzene rings is 2. The molecule has 22 heavy (non-hydrogen) atoms. The summed E-state index contributed by atoms with van der Waals surface area (Å²) >= 11 is 0. The van der Waals surface area contributed by atoms with Crippen LogP contribution in [-0.4, -0.2) is 5.78 Å². The van der Waals surface area contributed by atoms with Crippen molar-refractivity contribution >= 4 is 5.78 Å². The Labute approximate surface area is 134 Å². The first-order valence-corrected chi connectivity index (χ1v) is 8.46. The number of rotatable bonds is 8. The molecule has 0 spiro atoms. The van der Waals surface area contributed by atoms with Crippen LogP contribution in [0, 0.1) is 0 Å². The fourth-order valence-corrected chi connectivity index (χ4v) is 3.06. The van der Waals surface area contributed by atoms with Gasteiger partial charge in [-0.2, -0.15) is 0 Å². The van der Waals surface area contributed by atoms with Gasteiger partial charge in [-0.05, 0) is 24.3 Å². The van der Waals surface area contributed by atoms with E-state index in [1.54, 1.807) is 0 Å². The molecule has 1 unspecified atom stereocenters. The molecular weight excluding hydrogens is 268 g/mol. The molecule has 0 radical (unpaired) electrons. The largest absolute Gasteiger partial charge is 0.289 e. The molecular formula is C21H26O. The highest BCUT2D eigenvalue weighted by Gasteiger charge is 2.19. The van der Waals surface area contributed by atoms with E-state index in [1.165, 1.54) is 24.8 Å². The summed E-state index contributed by atoms with van der Waals surface area (Å²) in [7, 11) is 0. The van der Waals surface area contributed by atoms with Crippen molar-refractivity contribution in [2.75, 3.05) is 0 Å². The third-order valence-corrected chi connectivity index (χ3v) is 4.22. The second-order valence-corrected chi connectivity index (χ2v) is 5.91. The number of ketones is 1. The highest BCUT2D eigenvalue weighted by atomic mass is 16.1. The van der Waals surface area contributed by atoms with E-state index >= 15 is 0 Å². The Balaban J connectivity index is 2.34. The number of hydrogen-bond acceptors (Lipinski definition) is 1. The summed E-state index contributed by atoms with van der Waals surface area (Å²) in [5, 5.41) is 0. The van der Waals surface area contributed by atoms with Gasteiger partial charge in [0.2, 0.25) is 0 Å². The fraction of sp³-hybridized carbons (Fsp3) is 0.381. The minimum absolute atomic E-state index is 0.147. The van der Waals surface area contributed by atoms with E-state index in [-0.39, 0.29) is 5.78 Å². The van der Waals surface area contributed by atoms with Crippen molar-refractivity contribution in [1.29, 1.82) is 0 Å². The minimum Gasteiger partial charge on any atom is -0.289 e. The molecule has 0 heterocycles. The predicted molar refractivity (Wildman–Crippen MR) is 93.5 cm³/mol. The molecule has 0 aliphatic heterocycles. The topological polar surface area (TPSA) is 17.1 Å². The molecule has 0 fully saturated rings. The molecule has 0 bridgehead atoms. The predicted octanol–water partition coefficient (Wildman–Crippen LogP) is 5.99. The van der Waals surface area contributed by atoms with Crippen LogP contribution in [0.4, 0.5) is 0 Å². The van der Waals surface area contributed by atoms with Gasteiger partial charge in [-0.15, -0.1) is 0 Å². The lowest BCUT2D eigenvalue weighted by molar-refractivity contribution is 0.103. The van der Waals surface area contributed by atoms with Crippen molar-refractivity contribution in [2.45, 2.75) is 51.9 Å². The maximum absolute atomic E-state index is 12.8. The van der Waals surface area contributed by atoms with Gasteiger partial charge in [-0.25, -0.2) is 0 Å². The summed E-state index contributed by atoms with van der Waals surface area (Å²) in [6.45, 7) is 4.45. The highest BCUT2D eigenvalue weighted by Crippen LogP contribution is 2.30. The first kappa shape index (κ1) is 16.5. The Morgan fingerprint density at radius 2 is 1.55 bits per heavy atom. The van der Waals surface area contributed by atoms with Crippen molar-refractivity contribution in [2.24, 2.45) is 0 Å². The van der Waals surface area contributed by atoms with Gasteiger partial charge in [0.05, 0.1) is 0 Å². The lowest BCUT2D eigenvalue weighted by Gasteiger charge is -2.19. The van der Waals surface area contributed by atoms with Crippen LogP contribution in [0.15, 0.2) is 54.6 Å². The van der Waals surface area contributed by atoms with Crippen LogP contribution in [-0.2, 0) is 0 Å². The van der Waals surface area contributed by atoms with Crippen LogP contribution in [0.25, 0.3) is 0 Å². The Bertz CT molecular complexity index is 586. The van der Waals surface area contributed by atoms with Crippen LogP contribution in [0.1, 0.15) is 73.4 Å². The second kappa shape index (κ2) is 8.53. The average Bonchev–Trinajstić information content (AvgIpc) is 2.59. The lowest BCUT2D eigenvalue weighted by Crippen LogP contribution is -2.09. The minimum atomic E-state index is 0.147. The monoisotopic (exact) mass is 294 g/mol. The summed E-state index contributed by atoms with van der Waals surface area (Å²) < 4.78 is 0. The van der Waals surface area contributed by atoms with Crippen molar-refractivity contribution in [3.63, 3.8) is 0 Å². The molecule has 0 saturated heterocycles. The molecule has 0 aliphatic carbocycles. The normalized spacial score (nSPS) is 12.1. The summed E-state index contributed by atoms with van der Waals surface area (Å²) in [6.07, 6.45) is 5.90. The molecule has 0 amide bonds. The van der Waals surface area contributed by atoms with Crippen LogP contribution in [0.3, 0.4) is 0 Å². The van der Waals surface area contributed by atoms with E-state index in [0.29, 0.717) is 5.92 Å². The molecule has 2 aromatic rings. The third-order valence-electron chi connectivity index (χ3n) is 4.22. The molecule has 1 atom stereocenters. The molecule has 116 valence electrons. The van der Waals surface area contributed by atoms with Gasteiger partial charge in [0.25, 0.3) is 0 Å². The first-order chi connectivity index (χ1) is 10.8. The molecule has 0 aliphatic rings. The van der Waals surface area contributed by atoms with Crippen molar-refractivity contribution in [1.82, 2.24) is 0 Å². The summed E-state index contributed by atoms with van der Waals surface area (Å²) in [4.78, 5) is 12.8. The smallest absolute Gasteiger partial charge is 0.193 e. The van der Waals surface area contributed by atoms with Crippen LogP contribution in [0.2, 0.25) is 0 Å². The van der Waals surface area contributed by atoms with E-state index in [9.17, 15) is 4.79 Å². The van der Waals surface area contributed by atoms with E-state index in [1.807, 2.05) is 42.5 Å². The second-order valence-electron chi connectivity index (χ2n) is 5.91. The number of carbonyl (C=O) groups is 1. The van der Waals surface area contributed by atoms with E-state index in [0.717, 1.165) is 24.0 Å². The zero-order chi connectivity index (χ0) is 15.8. The number of unbranched alkanes of at least 4 members (excludes halogenated alkanes) is 1. The SMILES string of the molecule is CCCCC(CCC)c1ccccc1C(=O)c1ccccc1. The summed E-state index contributed by atoms with van der Waals surface area (Å²) in [5.74, 6) is 0.641. The van der Waals surface area contributed by atoms with E-state index in [4.69, 9.17) is 0 Å². The Kier molecular flexibility index (Phi) is 6.39. The van der Waals surface area contributed by atoms with Crippen LogP contribution < -0.4 is 0 Å². The van der Waals surface area contributed by atoms with Gasteiger partial charge < -0.3 is 0 Å². The Morgan fingerprint density at radius 1 is 0.864 bits per heavy atom. The standard InChI is InChI=1S/C21H26O/c1-3-5-12-17(11-4-2)19-15-9-10-16-20(19)21(22)18-13-7-6-8-14-18/h6-10,13-17H,3-5,11-12H2,1-2H3. The number of carbonyl (C=O) groups excluding carboxylic acids is 1. The molecule has 1 heteroatoms. The van der Waals surface area contributed by atoms with Crippen molar-refractivity contribution in [3.8, 4) is 0 Å². The summed E-state index contributed by atoms with van der Waals surface area (Å²) in [6, 6.07) is 17.8. The van der Waals surface area contributed by atoms with Crippen molar-refractivity contribution in [3.05, 3.63) is 71.3 Å².